The summed E-state index contributed by atoms with van der Waals surface area (Å²) in [5.41, 5.74) is 13.3. The second-order valence-electron chi connectivity index (χ2n) is 7.24. The van der Waals surface area contributed by atoms with Crippen LogP contribution in [-0.2, 0) is 7.05 Å². The molecule has 28 heavy (non-hydrogen) atoms. The minimum absolute atomic E-state index is 0.00384. The monoisotopic (exact) mass is 380 g/mol. The highest BCUT2D eigenvalue weighted by molar-refractivity contribution is 5.99. The van der Waals surface area contributed by atoms with Crippen LogP contribution in [0.25, 0.3) is 10.9 Å². The molecule has 2 heterocycles. The van der Waals surface area contributed by atoms with E-state index in [4.69, 9.17) is 11.5 Å². The van der Waals surface area contributed by atoms with Crippen molar-refractivity contribution in [3.8, 4) is 0 Å². The Morgan fingerprint density at radius 1 is 1.18 bits per heavy atom. The Bertz CT molecular complexity index is 1010. The third kappa shape index (κ3) is 3.61. The Morgan fingerprint density at radius 2 is 1.96 bits per heavy atom. The first-order chi connectivity index (χ1) is 13.5. The van der Waals surface area contributed by atoms with Gasteiger partial charge in [-0.3, -0.25) is 4.79 Å². The number of primary amides is 1. The molecule has 9 nitrogen and oxygen atoms in total. The van der Waals surface area contributed by atoms with Crippen molar-refractivity contribution in [1.82, 2.24) is 19.7 Å². The Labute approximate surface area is 162 Å². The van der Waals surface area contributed by atoms with Crippen molar-refractivity contribution >= 4 is 34.3 Å². The zero-order valence-corrected chi connectivity index (χ0v) is 15.7. The van der Waals surface area contributed by atoms with Gasteiger partial charge in [0.15, 0.2) is 11.5 Å². The number of rotatable bonds is 5. The number of nitrogens with one attached hydrogen (secondary N) is 2. The van der Waals surface area contributed by atoms with Gasteiger partial charge >= 0.3 is 0 Å². The molecule has 3 aromatic rings. The quantitative estimate of drug-likeness (QED) is 0.530. The Hall–Kier alpha value is -3.20. The molecular weight excluding hydrogens is 356 g/mol. The van der Waals surface area contributed by atoms with E-state index in [2.05, 4.69) is 25.8 Å². The average Bonchev–Trinajstić information content (AvgIpc) is 3.06. The van der Waals surface area contributed by atoms with Crippen LogP contribution >= 0.6 is 0 Å². The van der Waals surface area contributed by atoms with Crippen molar-refractivity contribution in [2.75, 3.05) is 10.6 Å². The van der Waals surface area contributed by atoms with Crippen LogP contribution in [0, 0.1) is 0 Å². The number of nitrogens with zero attached hydrogens (tertiary/aromatic N) is 4. The molecule has 0 radical (unpaired) electrons. The van der Waals surface area contributed by atoms with E-state index in [1.54, 1.807) is 0 Å². The Balaban J connectivity index is 1.63. The lowest BCUT2D eigenvalue weighted by Crippen LogP contribution is -2.33. The largest absolute Gasteiger partial charge is 0.364 e. The summed E-state index contributed by atoms with van der Waals surface area (Å²) >= 11 is 0. The van der Waals surface area contributed by atoms with Crippen molar-refractivity contribution < 1.29 is 4.79 Å². The minimum atomic E-state index is -0.682. The first-order valence-corrected chi connectivity index (χ1v) is 9.39. The van der Waals surface area contributed by atoms with Crippen molar-refractivity contribution in [2.24, 2.45) is 18.5 Å². The van der Waals surface area contributed by atoms with E-state index in [0.29, 0.717) is 5.95 Å². The second kappa shape index (κ2) is 7.43. The van der Waals surface area contributed by atoms with Gasteiger partial charge in [-0.2, -0.15) is 4.98 Å². The van der Waals surface area contributed by atoms with Crippen LogP contribution < -0.4 is 22.1 Å². The lowest BCUT2D eigenvalue weighted by molar-refractivity contribution is 0.0995. The molecule has 1 aromatic carbocycles. The number of benzene rings is 1. The van der Waals surface area contributed by atoms with Gasteiger partial charge in [0.2, 0.25) is 5.95 Å². The van der Waals surface area contributed by atoms with Crippen LogP contribution in [0.15, 0.2) is 30.5 Å². The van der Waals surface area contributed by atoms with Gasteiger partial charge in [0.25, 0.3) is 5.91 Å². The predicted octanol–water partition coefficient (Wildman–Crippen LogP) is 1.89. The normalized spacial score (nSPS) is 19.5. The maximum atomic E-state index is 11.8. The van der Waals surface area contributed by atoms with Crippen LogP contribution in [0.3, 0.4) is 0 Å². The fraction of sp³-hybridized carbons (Fsp3) is 0.368. The number of carbonyl (C=O) groups excluding carboxylic acids is 1. The highest BCUT2D eigenvalue weighted by Crippen LogP contribution is 2.28. The average molecular weight is 380 g/mol. The standard InChI is InChI=1S/C19H24N8O/c1-27-10-9-13-14(3-2-4-15(13)27)23-18-16(17(21)28)25-26-19(24-18)22-12-7-5-11(20)6-8-12/h2-4,9-12H,5-8,20H2,1H3,(H2,21,28)(H2,22,23,24,26). The van der Waals surface area contributed by atoms with Crippen molar-refractivity contribution in [3.63, 3.8) is 0 Å². The van der Waals surface area contributed by atoms with E-state index in [1.165, 1.54) is 0 Å². The SMILES string of the molecule is Cn1ccc2c(Nc3nc(NC4CCC(N)CC4)nnc3C(N)=O)cccc21. The smallest absolute Gasteiger partial charge is 0.273 e. The van der Waals surface area contributed by atoms with Crippen molar-refractivity contribution in [3.05, 3.63) is 36.2 Å². The van der Waals surface area contributed by atoms with Crippen LogP contribution in [0.2, 0.25) is 0 Å². The van der Waals surface area contributed by atoms with Crippen LogP contribution in [0.5, 0.6) is 0 Å². The highest BCUT2D eigenvalue weighted by atomic mass is 16.1. The molecule has 2 aromatic heterocycles. The summed E-state index contributed by atoms with van der Waals surface area (Å²) in [4.78, 5) is 16.3. The van der Waals surface area contributed by atoms with Crippen LogP contribution in [0.1, 0.15) is 36.2 Å². The van der Waals surface area contributed by atoms with Crippen molar-refractivity contribution in [1.29, 1.82) is 0 Å². The number of hydrogen-bond donors (Lipinski definition) is 4. The fourth-order valence-corrected chi connectivity index (χ4v) is 3.63. The molecule has 1 aliphatic rings. The molecular formula is C19H24N8O. The highest BCUT2D eigenvalue weighted by Gasteiger charge is 2.21. The second-order valence-corrected chi connectivity index (χ2v) is 7.24. The van der Waals surface area contributed by atoms with Gasteiger partial charge in [0.05, 0.1) is 0 Å². The van der Waals surface area contributed by atoms with E-state index in [0.717, 1.165) is 42.3 Å². The van der Waals surface area contributed by atoms with E-state index in [9.17, 15) is 4.79 Å². The van der Waals surface area contributed by atoms with E-state index >= 15 is 0 Å². The molecule has 0 bridgehead atoms. The molecule has 0 saturated heterocycles. The number of carbonyl (C=O) groups is 1. The van der Waals surface area contributed by atoms with Gasteiger partial charge in [-0.25, -0.2) is 0 Å². The van der Waals surface area contributed by atoms with Gasteiger partial charge < -0.3 is 26.7 Å². The van der Waals surface area contributed by atoms with E-state index in [1.807, 2.05) is 42.1 Å². The molecule has 4 rings (SSSR count). The fourth-order valence-electron chi connectivity index (χ4n) is 3.63. The summed E-state index contributed by atoms with van der Waals surface area (Å²) in [6, 6.07) is 8.39. The molecule has 1 aliphatic carbocycles. The molecule has 0 aliphatic heterocycles. The molecule has 0 spiro atoms. The number of hydrogen-bond acceptors (Lipinski definition) is 7. The summed E-state index contributed by atoms with van der Waals surface area (Å²) in [6.45, 7) is 0. The topological polar surface area (TPSA) is 137 Å². The molecule has 1 amide bonds. The molecule has 0 atom stereocenters. The minimum Gasteiger partial charge on any atom is -0.364 e. The van der Waals surface area contributed by atoms with Gasteiger partial charge in [-0.05, 0) is 43.9 Å². The summed E-state index contributed by atoms with van der Waals surface area (Å²) in [7, 11) is 1.98. The summed E-state index contributed by atoms with van der Waals surface area (Å²) in [5.74, 6) is -0.0278. The first-order valence-electron chi connectivity index (χ1n) is 9.39. The lowest BCUT2D eigenvalue weighted by Gasteiger charge is -2.26. The number of aromatic nitrogens is 4. The third-order valence-corrected chi connectivity index (χ3v) is 5.21. The Morgan fingerprint density at radius 3 is 2.71 bits per heavy atom. The lowest BCUT2D eigenvalue weighted by atomic mass is 9.92. The summed E-state index contributed by atoms with van der Waals surface area (Å²) < 4.78 is 2.02. The van der Waals surface area contributed by atoms with Crippen LogP contribution in [-0.4, -0.2) is 37.7 Å². The Kier molecular flexibility index (Phi) is 4.82. The molecule has 6 N–H and O–H groups in total. The van der Waals surface area contributed by atoms with Crippen LogP contribution in [0.4, 0.5) is 17.5 Å². The molecule has 1 fully saturated rings. The maximum absolute atomic E-state index is 11.8. The van der Waals surface area contributed by atoms with Gasteiger partial charge in [0, 0.05) is 41.9 Å². The van der Waals surface area contributed by atoms with Gasteiger partial charge in [-0.1, -0.05) is 6.07 Å². The van der Waals surface area contributed by atoms with Gasteiger partial charge in [-0.15, -0.1) is 10.2 Å². The van der Waals surface area contributed by atoms with Gasteiger partial charge in [0.1, 0.15) is 0 Å². The molecule has 1 saturated carbocycles. The number of aryl methyl sites for hydroxylation is 1. The molecule has 9 heteroatoms. The molecule has 146 valence electrons. The zero-order valence-electron chi connectivity index (χ0n) is 15.7. The summed E-state index contributed by atoms with van der Waals surface area (Å²) in [5, 5.41) is 15.5. The third-order valence-electron chi connectivity index (χ3n) is 5.21. The number of anilines is 3. The zero-order chi connectivity index (χ0) is 19.7. The summed E-state index contributed by atoms with van der Waals surface area (Å²) in [6.07, 6.45) is 5.81. The first kappa shape index (κ1) is 18.2. The number of amides is 1. The van der Waals surface area contributed by atoms with E-state index < -0.39 is 5.91 Å². The maximum Gasteiger partial charge on any atom is 0.273 e. The predicted molar refractivity (Wildman–Crippen MR) is 108 cm³/mol. The molecule has 0 unspecified atom stereocenters. The van der Waals surface area contributed by atoms with Crippen molar-refractivity contribution in [2.45, 2.75) is 37.8 Å². The number of fused-ring (bicyclic) bond motifs is 1. The number of nitrogens with two attached hydrogens (primary N) is 2. The van der Waals surface area contributed by atoms with E-state index in [-0.39, 0.29) is 23.6 Å².